The fourth-order valence-corrected chi connectivity index (χ4v) is 3.33. The van der Waals surface area contributed by atoms with E-state index in [1.54, 1.807) is 0 Å². The fraction of sp³-hybridized carbons (Fsp3) is 1.00. The van der Waals surface area contributed by atoms with Gasteiger partial charge >= 0.3 is 0 Å². The Hall–Kier alpha value is -0.120. The van der Waals surface area contributed by atoms with Crippen LogP contribution in [0.2, 0.25) is 0 Å². The van der Waals surface area contributed by atoms with Crippen molar-refractivity contribution in [3.8, 4) is 0 Å². The van der Waals surface area contributed by atoms with Crippen molar-refractivity contribution in [1.82, 2.24) is 5.32 Å². The van der Waals surface area contributed by atoms with Crippen molar-refractivity contribution in [2.45, 2.75) is 96.1 Å². The number of aliphatic hydroxyl groups excluding tert-OH is 1. The van der Waals surface area contributed by atoms with Gasteiger partial charge < -0.3 is 15.2 Å². The molecule has 0 radical (unpaired) electrons. The van der Waals surface area contributed by atoms with E-state index in [-0.39, 0.29) is 12.1 Å². The monoisotopic (exact) mass is 299 g/mol. The predicted octanol–water partition coefficient (Wildman–Crippen LogP) is 4.04. The molecule has 1 aliphatic carbocycles. The molecule has 0 bridgehead atoms. The van der Waals surface area contributed by atoms with Crippen LogP contribution in [0.4, 0.5) is 0 Å². The van der Waals surface area contributed by atoms with Crippen LogP contribution in [-0.2, 0) is 4.74 Å². The first kappa shape index (κ1) is 18.9. The molecule has 1 fully saturated rings. The SMILES string of the molecule is CCCCCCCCOC1CCCC(CO)(NCCC)C1. The Kier molecular flexibility index (Phi) is 10.3. The molecule has 1 rings (SSSR count). The second kappa shape index (κ2) is 11.4. The molecule has 21 heavy (non-hydrogen) atoms. The minimum Gasteiger partial charge on any atom is -0.394 e. The molecule has 0 aromatic rings. The van der Waals surface area contributed by atoms with Crippen molar-refractivity contribution < 1.29 is 9.84 Å². The third-order valence-corrected chi connectivity index (χ3v) is 4.70. The lowest BCUT2D eigenvalue weighted by Gasteiger charge is -2.40. The van der Waals surface area contributed by atoms with Crippen molar-refractivity contribution in [2.75, 3.05) is 19.8 Å². The molecule has 0 heterocycles. The van der Waals surface area contributed by atoms with Gasteiger partial charge in [0.05, 0.1) is 12.7 Å². The van der Waals surface area contributed by atoms with Gasteiger partial charge in [-0.1, -0.05) is 46.0 Å². The van der Waals surface area contributed by atoms with E-state index in [9.17, 15) is 5.11 Å². The molecule has 0 spiro atoms. The quantitative estimate of drug-likeness (QED) is 0.534. The molecule has 0 amide bonds. The van der Waals surface area contributed by atoms with Gasteiger partial charge in [0.1, 0.15) is 0 Å². The first-order valence-corrected chi connectivity index (χ1v) is 9.24. The molecule has 1 saturated carbocycles. The number of unbranched alkanes of at least 4 members (excludes halogenated alkanes) is 5. The molecule has 0 aromatic carbocycles. The molecule has 126 valence electrons. The van der Waals surface area contributed by atoms with Crippen LogP contribution in [0, 0.1) is 0 Å². The highest BCUT2D eigenvalue weighted by atomic mass is 16.5. The molecule has 2 unspecified atom stereocenters. The minimum atomic E-state index is -0.0833. The summed E-state index contributed by atoms with van der Waals surface area (Å²) in [5, 5.41) is 13.3. The molecule has 0 aliphatic heterocycles. The van der Waals surface area contributed by atoms with Gasteiger partial charge in [0.15, 0.2) is 0 Å². The average Bonchev–Trinajstić information content (AvgIpc) is 2.52. The Labute approximate surface area is 131 Å². The lowest BCUT2D eigenvalue weighted by atomic mass is 9.80. The van der Waals surface area contributed by atoms with Crippen molar-refractivity contribution in [3.63, 3.8) is 0 Å². The molecular formula is C18H37NO2. The maximum absolute atomic E-state index is 9.76. The van der Waals surface area contributed by atoms with Crippen molar-refractivity contribution >= 4 is 0 Å². The van der Waals surface area contributed by atoms with Gasteiger partial charge in [-0.05, 0) is 45.1 Å². The number of hydrogen-bond donors (Lipinski definition) is 2. The molecule has 0 saturated heterocycles. The normalized spacial score (nSPS) is 26.1. The van der Waals surface area contributed by atoms with Crippen LogP contribution in [0.3, 0.4) is 0 Å². The van der Waals surface area contributed by atoms with Gasteiger partial charge in [-0.2, -0.15) is 0 Å². The third-order valence-electron chi connectivity index (χ3n) is 4.70. The highest BCUT2D eigenvalue weighted by Crippen LogP contribution is 2.30. The Balaban J connectivity index is 2.16. The summed E-state index contributed by atoms with van der Waals surface area (Å²) in [5.74, 6) is 0. The molecule has 1 aliphatic rings. The molecular weight excluding hydrogens is 262 g/mol. The maximum Gasteiger partial charge on any atom is 0.0614 e. The van der Waals surface area contributed by atoms with E-state index in [1.807, 2.05) is 0 Å². The second-order valence-corrected chi connectivity index (χ2v) is 6.72. The zero-order valence-corrected chi connectivity index (χ0v) is 14.3. The van der Waals surface area contributed by atoms with Crippen molar-refractivity contribution in [1.29, 1.82) is 0 Å². The minimum absolute atomic E-state index is 0.0833. The molecule has 3 heteroatoms. The lowest BCUT2D eigenvalue weighted by molar-refractivity contribution is -0.0169. The first-order chi connectivity index (χ1) is 10.3. The Morgan fingerprint density at radius 1 is 1.10 bits per heavy atom. The van der Waals surface area contributed by atoms with Crippen LogP contribution in [0.25, 0.3) is 0 Å². The topological polar surface area (TPSA) is 41.5 Å². The summed E-state index contributed by atoms with van der Waals surface area (Å²) in [5.41, 5.74) is -0.0833. The molecule has 2 atom stereocenters. The fourth-order valence-electron chi connectivity index (χ4n) is 3.33. The van der Waals surface area contributed by atoms with Crippen LogP contribution in [0.15, 0.2) is 0 Å². The summed E-state index contributed by atoms with van der Waals surface area (Å²) in [6.45, 7) is 6.56. The average molecular weight is 299 g/mol. The van der Waals surface area contributed by atoms with E-state index < -0.39 is 0 Å². The number of hydrogen-bond acceptors (Lipinski definition) is 3. The van der Waals surface area contributed by atoms with Gasteiger partial charge in [-0.15, -0.1) is 0 Å². The second-order valence-electron chi connectivity index (χ2n) is 6.72. The number of ether oxygens (including phenoxy) is 1. The smallest absolute Gasteiger partial charge is 0.0614 e. The summed E-state index contributed by atoms with van der Waals surface area (Å²) in [4.78, 5) is 0. The largest absolute Gasteiger partial charge is 0.394 e. The van der Waals surface area contributed by atoms with E-state index in [0.29, 0.717) is 6.10 Å². The van der Waals surface area contributed by atoms with Gasteiger partial charge in [-0.25, -0.2) is 0 Å². The number of rotatable bonds is 12. The van der Waals surface area contributed by atoms with E-state index in [0.717, 1.165) is 38.8 Å². The lowest BCUT2D eigenvalue weighted by Crippen LogP contribution is -2.53. The van der Waals surface area contributed by atoms with E-state index in [2.05, 4.69) is 19.2 Å². The highest BCUT2D eigenvalue weighted by molar-refractivity contribution is 4.93. The van der Waals surface area contributed by atoms with E-state index in [4.69, 9.17) is 4.74 Å². The van der Waals surface area contributed by atoms with Crippen LogP contribution in [-0.4, -0.2) is 36.5 Å². The molecule has 3 nitrogen and oxygen atoms in total. The van der Waals surface area contributed by atoms with E-state index >= 15 is 0 Å². The molecule has 0 aromatic heterocycles. The zero-order chi connectivity index (χ0) is 15.4. The summed E-state index contributed by atoms with van der Waals surface area (Å²) in [6.07, 6.45) is 13.7. The Morgan fingerprint density at radius 3 is 2.57 bits per heavy atom. The van der Waals surface area contributed by atoms with Crippen LogP contribution in [0.1, 0.15) is 84.5 Å². The van der Waals surface area contributed by atoms with Crippen LogP contribution in [0.5, 0.6) is 0 Å². The summed E-state index contributed by atoms with van der Waals surface area (Å²) >= 11 is 0. The van der Waals surface area contributed by atoms with Gasteiger partial charge in [0, 0.05) is 12.1 Å². The van der Waals surface area contributed by atoms with Crippen molar-refractivity contribution in [2.24, 2.45) is 0 Å². The Morgan fingerprint density at radius 2 is 1.86 bits per heavy atom. The standard InChI is InChI=1S/C18H37NO2/c1-3-5-6-7-8-9-14-21-17-11-10-12-18(15-17,16-20)19-13-4-2/h17,19-20H,3-16H2,1-2H3. The number of aliphatic hydroxyl groups is 1. The summed E-state index contributed by atoms with van der Waals surface area (Å²) in [7, 11) is 0. The summed E-state index contributed by atoms with van der Waals surface area (Å²) in [6, 6.07) is 0. The van der Waals surface area contributed by atoms with Gasteiger partial charge in [-0.3, -0.25) is 0 Å². The predicted molar refractivity (Wildman–Crippen MR) is 89.7 cm³/mol. The van der Waals surface area contributed by atoms with Crippen LogP contribution < -0.4 is 5.32 Å². The molecule has 2 N–H and O–H groups in total. The van der Waals surface area contributed by atoms with Crippen LogP contribution >= 0.6 is 0 Å². The van der Waals surface area contributed by atoms with Crippen molar-refractivity contribution in [3.05, 3.63) is 0 Å². The van der Waals surface area contributed by atoms with Gasteiger partial charge in [0.2, 0.25) is 0 Å². The highest BCUT2D eigenvalue weighted by Gasteiger charge is 2.35. The van der Waals surface area contributed by atoms with Gasteiger partial charge in [0.25, 0.3) is 0 Å². The Bertz CT molecular complexity index is 247. The first-order valence-electron chi connectivity index (χ1n) is 9.24. The maximum atomic E-state index is 9.76. The third kappa shape index (κ3) is 7.62. The number of nitrogens with one attached hydrogen (secondary N) is 1. The van der Waals surface area contributed by atoms with E-state index in [1.165, 1.54) is 44.9 Å². The summed E-state index contributed by atoms with van der Waals surface area (Å²) < 4.78 is 6.08. The zero-order valence-electron chi connectivity index (χ0n) is 14.3.